The number of esters is 3. The molecule has 0 saturated heterocycles. The lowest BCUT2D eigenvalue weighted by Gasteiger charge is -2.18. The molecule has 0 amide bonds. The number of unbranched alkanes of at least 4 members (excludes halogenated alkanes) is 33. The van der Waals surface area contributed by atoms with Gasteiger partial charge in [0.25, 0.3) is 0 Å². The molecule has 6 nitrogen and oxygen atoms in total. The maximum absolute atomic E-state index is 12.9. The molecule has 0 radical (unpaired) electrons. The van der Waals surface area contributed by atoms with Gasteiger partial charge in [0.1, 0.15) is 13.2 Å². The largest absolute Gasteiger partial charge is 0.462 e. The van der Waals surface area contributed by atoms with Crippen molar-refractivity contribution in [2.24, 2.45) is 0 Å². The molecule has 6 heteroatoms. The summed E-state index contributed by atoms with van der Waals surface area (Å²) in [6.07, 6.45) is 77.6. The molecule has 0 aromatic rings. The van der Waals surface area contributed by atoms with E-state index in [-0.39, 0.29) is 31.1 Å². The van der Waals surface area contributed by atoms with Gasteiger partial charge in [0.05, 0.1) is 0 Å². The lowest BCUT2D eigenvalue weighted by molar-refractivity contribution is -0.167. The first kappa shape index (κ1) is 68.8. The van der Waals surface area contributed by atoms with Crippen LogP contribution in [0.3, 0.4) is 0 Å². The lowest BCUT2D eigenvalue weighted by Crippen LogP contribution is -2.30. The van der Waals surface area contributed by atoms with Crippen LogP contribution in [0.2, 0.25) is 0 Å². The molecule has 1 atom stereocenters. The molecular formula is C66H116O6. The van der Waals surface area contributed by atoms with Gasteiger partial charge in [-0.25, -0.2) is 0 Å². The summed E-state index contributed by atoms with van der Waals surface area (Å²) in [4.78, 5) is 38.3. The quantitative estimate of drug-likeness (QED) is 0.0261. The summed E-state index contributed by atoms with van der Waals surface area (Å²) in [6.45, 7) is 6.44. The smallest absolute Gasteiger partial charge is 0.306 e. The van der Waals surface area contributed by atoms with E-state index in [0.717, 1.165) is 109 Å². The molecule has 0 aliphatic heterocycles. The Morgan fingerprint density at radius 3 is 0.847 bits per heavy atom. The molecule has 1 unspecified atom stereocenters. The number of carbonyl (C=O) groups excluding carboxylic acids is 3. The second-order valence-corrected chi connectivity index (χ2v) is 20.6. The van der Waals surface area contributed by atoms with Gasteiger partial charge in [-0.1, -0.05) is 280 Å². The summed E-state index contributed by atoms with van der Waals surface area (Å²) < 4.78 is 16.9. The van der Waals surface area contributed by atoms with Gasteiger partial charge in [0.2, 0.25) is 0 Å². The van der Waals surface area contributed by atoms with E-state index in [4.69, 9.17) is 14.2 Å². The van der Waals surface area contributed by atoms with Crippen LogP contribution in [0.15, 0.2) is 72.9 Å². The minimum absolute atomic E-state index is 0.0800. The van der Waals surface area contributed by atoms with E-state index < -0.39 is 6.10 Å². The number of hydrogen-bond donors (Lipinski definition) is 0. The molecular weight excluding hydrogens is 889 g/mol. The zero-order valence-electron chi connectivity index (χ0n) is 47.7. The van der Waals surface area contributed by atoms with Crippen LogP contribution in [-0.2, 0) is 28.6 Å². The van der Waals surface area contributed by atoms with E-state index >= 15 is 0 Å². The Morgan fingerprint density at radius 1 is 0.292 bits per heavy atom. The predicted molar refractivity (Wildman–Crippen MR) is 311 cm³/mol. The van der Waals surface area contributed by atoms with Gasteiger partial charge in [0.15, 0.2) is 6.10 Å². The maximum atomic E-state index is 12.9. The van der Waals surface area contributed by atoms with Crippen molar-refractivity contribution in [1.29, 1.82) is 0 Å². The van der Waals surface area contributed by atoms with Crippen LogP contribution in [-0.4, -0.2) is 37.2 Å². The Labute approximate surface area is 446 Å². The highest BCUT2D eigenvalue weighted by atomic mass is 16.6. The van der Waals surface area contributed by atoms with Crippen molar-refractivity contribution in [2.75, 3.05) is 13.2 Å². The molecule has 0 spiro atoms. The van der Waals surface area contributed by atoms with Crippen molar-refractivity contribution in [3.8, 4) is 0 Å². The average molecular weight is 1010 g/mol. The molecule has 0 saturated carbocycles. The first-order valence-electron chi connectivity index (χ1n) is 30.9. The van der Waals surface area contributed by atoms with Gasteiger partial charge in [-0.2, -0.15) is 0 Å². The normalized spacial score (nSPS) is 12.5. The van der Waals surface area contributed by atoms with E-state index in [1.807, 2.05) is 0 Å². The van der Waals surface area contributed by atoms with Crippen molar-refractivity contribution < 1.29 is 28.6 Å². The third-order valence-electron chi connectivity index (χ3n) is 13.5. The van der Waals surface area contributed by atoms with Gasteiger partial charge >= 0.3 is 17.9 Å². The van der Waals surface area contributed by atoms with E-state index in [2.05, 4.69) is 93.7 Å². The SMILES string of the molecule is CC/C=C\C/C=C\C/C=C\CCCCCCCCCC(=O)OCC(COC(=O)CCCCCCCCCCCCCCCCCCCCCC)OC(=O)CCCCCCCCC/C=C\C/C=C\C/C=C\CC. The molecule has 0 aliphatic carbocycles. The van der Waals surface area contributed by atoms with E-state index in [9.17, 15) is 14.4 Å². The van der Waals surface area contributed by atoms with E-state index in [1.165, 1.54) is 161 Å². The van der Waals surface area contributed by atoms with Crippen LogP contribution in [0, 0.1) is 0 Å². The summed E-state index contributed by atoms with van der Waals surface area (Å²) in [5, 5.41) is 0. The van der Waals surface area contributed by atoms with Crippen LogP contribution >= 0.6 is 0 Å². The highest BCUT2D eigenvalue weighted by molar-refractivity contribution is 5.71. The minimum atomic E-state index is -0.785. The van der Waals surface area contributed by atoms with Gasteiger partial charge in [0, 0.05) is 19.3 Å². The average Bonchev–Trinajstić information content (AvgIpc) is 3.38. The van der Waals surface area contributed by atoms with Crippen LogP contribution in [0.1, 0.15) is 310 Å². The molecule has 0 aliphatic rings. The van der Waals surface area contributed by atoms with Crippen molar-refractivity contribution in [1.82, 2.24) is 0 Å². The van der Waals surface area contributed by atoms with Crippen molar-refractivity contribution in [2.45, 2.75) is 316 Å². The molecule has 0 rings (SSSR count). The Bertz CT molecular complexity index is 1340. The van der Waals surface area contributed by atoms with Gasteiger partial charge in [-0.3, -0.25) is 14.4 Å². The summed E-state index contributed by atoms with van der Waals surface area (Å²) in [7, 11) is 0. The topological polar surface area (TPSA) is 78.9 Å². The van der Waals surface area contributed by atoms with Gasteiger partial charge in [-0.05, 0) is 83.5 Å². The fraction of sp³-hybridized carbons (Fsp3) is 0.773. The van der Waals surface area contributed by atoms with E-state index in [1.54, 1.807) is 0 Å². The molecule has 0 N–H and O–H groups in total. The fourth-order valence-electron chi connectivity index (χ4n) is 8.89. The molecule has 0 fully saturated rings. The summed E-state index contributed by atoms with van der Waals surface area (Å²) >= 11 is 0. The molecule has 416 valence electrons. The first-order valence-corrected chi connectivity index (χ1v) is 30.9. The van der Waals surface area contributed by atoms with Gasteiger partial charge < -0.3 is 14.2 Å². The zero-order chi connectivity index (χ0) is 52.2. The summed E-state index contributed by atoms with van der Waals surface area (Å²) in [6, 6.07) is 0. The standard InChI is InChI=1S/C66H116O6/c1-4-7-10-13-16-19-22-25-28-31-32-33-36-38-41-44-47-50-53-56-59-65(68)71-62-63(72-66(69)60-57-54-51-48-45-42-39-35-30-27-24-21-18-15-12-9-6-3)61-70-64(67)58-55-52-49-46-43-40-37-34-29-26-23-20-17-14-11-8-5-2/h8-9,11-12,17-18,20-21,26-27,29-30,63H,4-7,10,13-16,19,22-25,28,31-62H2,1-3H3/b11-8-,12-9-,20-17-,21-18-,29-26-,30-27-. The number of hydrogen-bond acceptors (Lipinski definition) is 6. The third-order valence-corrected chi connectivity index (χ3v) is 13.5. The Kier molecular flexibility index (Phi) is 57.8. The highest BCUT2D eigenvalue weighted by Crippen LogP contribution is 2.17. The molecule has 0 aromatic heterocycles. The third kappa shape index (κ3) is 57.7. The lowest BCUT2D eigenvalue weighted by atomic mass is 10.0. The van der Waals surface area contributed by atoms with Gasteiger partial charge in [-0.15, -0.1) is 0 Å². The van der Waals surface area contributed by atoms with Crippen LogP contribution in [0.5, 0.6) is 0 Å². The van der Waals surface area contributed by atoms with Crippen LogP contribution in [0.25, 0.3) is 0 Å². The zero-order valence-corrected chi connectivity index (χ0v) is 47.7. The molecule has 72 heavy (non-hydrogen) atoms. The molecule has 0 heterocycles. The summed E-state index contributed by atoms with van der Waals surface area (Å²) in [5.74, 6) is -0.885. The number of ether oxygens (including phenoxy) is 3. The number of carbonyl (C=O) groups is 3. The maximum Gasteiger partial charge on any atom is 0.306 e. The Morgan fingerprint density at radius 2 is 0.542 bits per heavy atom. The van der Waals surface area contributed by atoms with Crippen molar-refractivity contribution in [3.05, 3.63) is 72.9 Å². The second-order valence-electron chi connectivity index (χ2n) is 20.6. The minimum Gasteiger partial charge on any atom is -0.462 e. The highest BCUT2D eigenvalue weighted by Gasteiger charge is 2.19. The van der Waals surface area contributed by atoms with Crippen LogP contribution in [0.4, 0.5) is 0 Å². The Balaban J connectivity index is 4.36. The monoisotopic (exact) mass is 1000 g/mol. The van der Waals surface area contributed by atoms with Crippen molar-refractivity contribution >= 4 is 17.9 Å². The van der Waals surface area contributed by atoms with Crippen molar-refractivity contribution in [3.63, 3.8) is 0 Å². The number of allylic oxidation sites excluding steroid dienone is 12. The Hall–Kier alpha value is -3.15. The first-order chi connectivity index (χ1) is 35.5. The van der Waals surface area contributed by atoms with Crippen LogP contribution < -0.4 is 0 Å². The molecule has 0 bridgehead atoms. The predicted octanol–water partition coefficient (Wildman–Crippen LogP) is 20.9. The second kappa shape index (κ2) is 60.4. The van der Waals surface area contributed by atoms with E-state index in [0.29, 0.717) is 19.3 Å². The molecule has 0 aromatic carbocycles. The summed E-state index contributed by atoms with van der Waals surface area (Å²) in [5.41, 5.74) is 0. The fourth-order valence-corrected chi connectivity index (χ4v) is 8.89. The number of rotatable bonds is 56.